The highest BCUT2D eigenvalue weighted by molar-refractivity contribution is 5.81. The fourth-order valence-electron chi connectivity index (χ4n) is 4.52. The van der Waals surface area contributed by atoms with Crippen LogP contribution in [0.1, 0.15) is 105 Å². The van der Waals surface area contributed by atoms with E-state index in [-0.39, 0.29) is 48.8 Å². The van der Waals surface area contributed by atoms with E-state index >= 15 is 0 Å². The normalized spacial score (nSPS) is 15.4. The highest BCUT2D eigenvalue weighted by Crippen LogP contribution is 2.32. The summed E-state index contributed by atoms with van der Waals surface area (Å²) in [7, 11) is 0. The first-order valence-electron chi connectivity index (χ1n) is 14.7. The van der Waals surface area contributed by atoms with Crippen LogP contribution in [0.3, 0.4) is 0 Å². The van der Waals surface area contributed by atoms with Crippen LogP contribution >= 0.6 is 0 Å². The molecule has 230 valence electrons. The van der Waals surface area contributed by atoms with Gasteiger partial charge in [-0.05, 0) is 81.9 Å². The average molecular weight is 578 g/mol. The van der Waals surface area contributed by atoms with E-state index in [0.29, 0.717) is 37.2 Å². The summed E-state index contributed by atoms with van der Waals surface area (Å²) in [6.07, 6.45) is 4.24. The monoisotopic (exact) mass is 577 g/mol. The lowest BCUT2D eigenvalue weighted by atomic mass is 9.98. The first kappa shape index (κ1) is 34.1. The van der Waals surface area contributed by atoms with E-state index in [1.54, 1.807) is 19.9 Å². The zero-order valence-corrected chi connectivity index (χ0v) is 25.3. The zero-order chi connectivity index (χ0) is 30.6. The van der Waals surface area contributed by atoms with Gasteiger partial charge in [-0.15, -0.1) is 0 Å². The molecule has 1 aliphatic carbocycles. The van der Waals surface area contributed by atoms with Crippen LogP contribution in [-0.4, -0.2) is 47.0 Å². The van der Waals surface area contributed by atoms with Crippen molar-refractivity contribution in [3.63, 3.8) is 0 Å². The van der Waals surface area contributed by atoms with Crippen LogP contribution in [0, 0.1) is 11.8 Å². The predicted octanol–water partition coefficient (Wildman–Crippen LogP) is 6.18. The minimum absolute atomic E-state index is 0.0113. The van der Waals surface area contributed by atoms with Crippen LogP contribution in [0.25, 0.3) is 0 Å². The molecule has 0 radical (unpaired) electrons. The molecule has 0 bridgehead atoms. The molecule has 0 saturated heterocycles. The summed E-state index contributed by atoms with van der Waals surface area (Å²) < 4.78 is 22.0. The van der Waals surface area contributed by atoms with E-state index in [9.17, 15) is 24.3 Å². The summed E-state index contributed by atoms with van der Waals surface area (Å²) in [5, 5.41) is 13.1. The SMILES string of the molecule is CC(C)CCC(=O)Oc1ccc(C[C@](NC(C)C)(OC(=O)OC2CCCCC2)C(=O)O)cc1OC(=O)CCC(C)C. The number of ether oxygens (including phenoxy) is 4. The number of hydrogen-bond acceptors (Lipinski definition) is 9. The van der Waals surface area contributed by atoms with Crippen LogP contribution in [0.5, 0.6) is 11.5 Å². The maximum atomic E-state index is 12.8. The standard InChI is InChI=1S/C31H47NO9/c1-20(2)12-16-27(33)39-25-15-14-23(18-26(25)40-28(34)17-13-21(3)4)19-31(29(35)36,32-22(5)6)41-30(37)38-24-10-8-7-9-11-24/h14-15,18,20-22,24,32H,7-13,16-17,19H2,1-6H3,(H,35,36)/t31-/m0/s1. The second-order valence-corrected chi connectivity index (χ2v) is 11.9. The Balaban J connectivity index is 2.35. The van der Waals surface area contributed by atoms with Gasteiger partial charge >= 0.3 is 24.1 Å². The largest absolute Gasteiger partial charge is 0.510 e. The Kier molecular flexibility index (Phi) is 13.6. The molecule has 10 heteroatoms. The van der Waals surface area contributed by atoms with Gasteiger partial charge in [-0.3, -0.25) is 14.9 Å². The Morgan fingerprint density at radius 1 is 0.878 bits per heavy atom. The molecule has 1 aromatic rings. The lowest BCUT2D eigenvalue weighted by Gasteiger charge is -2.32. The molecule has 1 aromatic carbocycles. The molecule has 10 nitrogen and oxygen atoms in total. The number of benzene rings is 1. The van der Waals surface area contributed by atoms with Gasteiger partial charge in [0.2, 0.25) is 0 Å². The highest BCUT2D eigenvalue weighted by atomic mass is 16.7. The molecule has 0 spiro atoms. The van der Waals surface area contributed by atoms with Crippen molar-refractivity contribution in [1.82, 2.24) is 5.32 Å². The van der Waals surface area contributed by atoms with Crippen molar-refractivity contribution in [3.05, 3.63) is 23.8 Å². The Labute approximate surface area is 243 Å². The fourth-order valence-corrected chi connectivity index (χ4v) is 4.52. The van der Waals surface area contributed by atoms with Crippen molar-refractivity contribution >= 4 is 24.1 Å². The minimum atomic E-state index is -2.16. The third-order valence-electron chi connectivity index (χ3n) is 6.70. The molecule has 2 rings (SSSR count). The number of carboxylic acids is 1. The van der Waals surface area contributed by atoms with Crippen LogP contribution in [0.15, 0.2) is 18.2 Å². The first-order valence-corrected chi connectivity index (χ1v) is 14.7. The Bertz CT molecular complexity index is 1030. The molecule has 0 amide bonds. The molecule has 0 heterocycles. The molecule has 0 unspecified atom stereocenters. The molecule has 2 N–H and O–H groups in total. The molecule has 0 aliphatic heterocycles. The van der Waals surface area contributed by atoms with E-state index < -0.39 is 29.8 Å². The van der Waals surface area contributed by atoms with Crippen molar-refractivity contribution in [2.24, 2.45) is 11.8 Å². The smallest absolute Gasteiger partial charge is 0.477 e. The Hall–Kier alpha value is -3.14. The van der Waals surface area contributed by atoms with E-state index in [2.05, 4.69) is 5.32 Å². The van der Waals surface area contributed by atoms with Crippen molar-refractivity contribution in [3.8, 4) is 11.5 Å². The summed E-state index contributed by atoms with van der Waals surface area (Å²) >= 11 is 0. The van der Waals surface area contributed by atoms with Gasteiger partial charge in [-0.1, -0.05) is 40.2 Å². The number of carbonyl (C=O) groups excluding carboxylic acids is 3. The first-order chi connectivity index (χ1) is 19.3. The van der Waals surface area contributed by atoms with Gasteiger partial charge in [-0.25, -0.2) is 9.59 Å². The van der Waals surface area contributed by atoms with E-state index in [1.807, 2.05) is 27.7 Å². The molecule has 0 aromatic heterocycles. The van der Waals surface area contributed by atoms with Gasteiger partial charge in [-0.2, -0.15) is 0 Å². The summed E-state index contributed by atoms with van der Waals surface area (Å²) in [5.41, 5.74) is -1.78. The second kappa shape index (κ2) is 16.3. The van der Waals surface area contributed by atoms with Crippen LogP contribution < -0.4 is 14.8 Å². The highest BCUT2D eigenvalue weighted by Gasteiger charge is 2.45. The lowest BCUT2D eigenvalue weighted by molar-refractivity contribution is -0.168. The average Bonchev–Trinajstić information content (AvgIpc) is 2.87. The number of nitrogens with one attached hydrogen (secondary N) is 1. The number of esters is 2. The molecular formula is C31H47NO9. The van der Waals surface area contributed by atoms with Gasteiger partial charge < -0.3 is 24.1 Å². The molecule has 1 saturated carbocycles. The molecule has 1 fully saturated rings. The third-order valence-corrected chi connectivity index (χ3v) is 6.70. The zero-order valence-electron chi connectivity index (χ0n) is 25.3. The van der Waals surface area contributed by atoms with Crippen molar-refractivity contribution in [2.45, 2.75) is 124 Å². The Morgan fingerprint density at radius 3 is 1.95 bits per heavy atom. The maximum absolute atomic E-state index is 12.8. The van der Waals surface area contributed by atoms with Gasteiger partial charge in [0.25, 0.3) is 5.72 Å². The molecular weight excluding hydrogens is 530 g/mol. The van der Waals surface area contributed by atoms with Gasteiger partial charge in [0, 0.05) is 25.3 Å². The summed E-state index contributed by atoms with van der Waals surface area (Å²) in [6.45, 7) is 11.4. The van der Waals surface area contributed by atoms with E-state index in [1.165, 1.54) is 12.1 Å². The number of rotatable bonds is 15. The number of carbonyl (C=O) groups is 4. The Morgan fingerprint density at radius 2 is 1.44 bits per heavy atom. The van der Waals surface area contributed by atoms with Crippen molar-refractivity contribution in [1.29, 1.82) is 0 Å². The summed E-state index contributed by atoms with van der Waals surface area (Å²) in [5.74, 6) is -1.76. The predicted molar refractivity (Wildman–Crippen MR) is 153 cm³/mol. The molecule has 41 heavy (non-hydrogen) atoms. The van der Waals surface area contributed by atoms with Crippen LogP contribution in [-0.2, 0) is 30.3 Å². The van der Waals surface area contributed by atoms with Crippen LogP contribution in [0.2, 0.25) is 0 Å². The maximum Gasteiger partial charge on any atom is 0.510 e. The second-order valence-electron chi connectivity index (χ2n) is 11.9. The van der Waals surface area contributed by atoms with Gasteiger partial charge in [0.05, 0.1) is 0 Å². The minimum Gasteiger partial charge on any atom is -0.477 e. The number of carboxylic acid groups (broad SMARTS) is 1. The van der Waals surface area contributed by atoms with Crippen LogP contribution in [0.4, 0.5) is 4.79 Å². The van der Waals surface area contributed by atoms with E-state index in [0.717, 1.165) is 19.3 Å². The van der Waals surface area contributed by atoms with Gasteiger partial charge in [0.1, 0.15) is 6.10 Å². The third kappa shape index (κ3) is 12.1. The topological polar surface area (TPSA) is 137 Å². The number of aliphatic carboxylic acids is 1. The van der Waals surface area contributed by atoms with Gasteiger partial charge in [0.15, 0.2) is 11.5 Å². The molecule has 1 aliphatic rings. The summed E-state index contributed by atoms with van der Waals surface area (Å²) in [4.78, 5) is 50.4. The number of hydrogen-bond donors (Lipinski definition) is 2. The van der Waals surface area contributed by atoms with E-state index in [4.69, 9.17) is 18.9 Å². The van der Waals surface area contributed by atoms with Crippen molar-refractivity contribution < 1.29 is 43.2 Å². The van der Waals surface area contributed by atoms with Crippen molar-refractivity contribution in [2.75, 3.05) is 0 Å². The molecule has 1 atom stereocenters. The quantitative estimate of drug-likeness (QED) is 0.141. The lowest BCUT2D eigenvalue weighted by Crippen LogP contribution is -2.59. The summed E-state index contributed by atoms with van der Waals surface area (Å²) in [6, 6.07) is 4.07. The fraction of sp³-hybridized carbons (Fsp3) is 0.677.